The summed E-state index contributed by atoms with van der Waals surface area (Å²) in [4.78, 5) is 63.0. The molecular formula is C56H104O15. The van der Waals surface area contributed by atoms with E-state index in [1.54, 1.807) is 25.5 Å². The van der Waals surface area contributed by atoms with E-state index in [-0.39, 0.29) is 109 Å². The summed E-state index contributed by atoms with van der Waals surface area (Å²) in [5.74, 6) is 0.239. The van der Waals surface area contributed by atoms with Crippen LogP contribution in [0.4, 0.5) is 0 Å². The van der Waals surface area contributed by atoms with Crippen LogP contribution in [0.25, 0.3) is 0 Å². The Hall–Kier alpha value is -4.18. The number of hydrogen-bond donors (Lipinski definition) is 1. The summed E-state index contributed by atoms with van der Waals surface area (Å²) in [5.41, 5.74) is 2.14. The van der Waals surface area contributed by atoms with Crippen molar-refractivity contribution in [2.75, 3.05) is 20.3 Å². The number of ether oxygens (including phenoxy) is 8. The number of allylic oxidation sites excluding steroid dienone is 3. The highest BCUT2D eigenvalue weighted by molar-refractivity contribution is 5.90. The second-order valence-electron chi connectivity index (χ2n) is 17.8. The summed E-state index contributed by atoms with van der Waals surface area (Å²) in [7, 11) is 1.61. The van der Waals surface area contributed by atoms with Crippen LogP contribution in [-0.4, -0.2) is 116 Å². The van der Waals surface area contributed by atoms with Crippen molar-refractivity contribution in [1.29, 1.82) is 0 Å². The lowest BCUT2D eigenvalue weighted by molar-refractivity contribution is -0.146. The third-order valence-corrected chi connectivity index (χ3v) is 10.0. The van der Waals surface area contributed by atoms with Crippen molar-refractivity contribution in [2.45, 2.75) is 245 Å². The topological polar surface area (TPSA) is 196 Å². The Morgan fingerprint density at radius 3 is 1.37 bits per heavy atom. The van der Waals surface area contributed by atoms with Gasteiger partial charge in [0, 0.05) is 44.3 Å². The van der Waals surface area contributed by atoms with Crippen molar-refractivity contribution in [1.82, 2.24) is 0 Å². The van der Waals surface area contributed by atoms with Gasteiger partial charge in [-0.2, -0.15) is 0 Å². The first-order valence-corrected chi connectivity index (χ1v) is 23.9. The number of carbonyl (C=O) groups is 6. The van der Waals surface area contributed by atoms with E-state index in [0.29, 0.717) is 56.5 Å². The van der Waals surface area contributed by atoms with Crippen LogP contribution in [-0.2, 0) is 66.7 Å². The molecule has 15 nitrogen and oxygen atoms in total. The van der Waals surface area contributed by atoms with Gasteiger partial charge in [0.1, 0.15) is 18.2 Å². The Bertz CT molecular complexity index is 1480. The first-order valence-electron chi connectivity index (χ1n) is 23.9. The molecular weight excluding hydrogens is 913 g/mol. The third-order valence-electron chi connectivity index (χ3n) is 10.0. The molecule has 0 aliphatic carbocycles. The minimum Gasteiger partial charge on any atom is -0.504 e. The number of rotatable bonds is 9. The fourth-order valence-corrected chi connectivity index (χ4v) is 7.95. The first kappa shape index (κ1) is 78.3. The standard InChI is InChI=1S/C11H20O3.C11H18O3.C9H16O3.C7H12O2.C6H8O2.C6H10O.C2H4O.4CH4/c2*1-4-13-11(12)7-10-5-8(2)14-9(3)6-10;1-6-3-8(5-9(10)11)4-7(2)12-6;1-5-3-7(8)4-6(2)9-5;1-5-4-6(7)2-3-8-5;1-6(2)4-5-7-3;1-2-3;;;;/h8-10H,4-7H2,1-3H3;7-9H,4-6H2,1-3H3;6-8H,3-5H2,1-2H3,(H,10,11);5-6H,3-4H2,1-2H3;2-3,5H,4H2,1H3;4-5H,1H2,2-3H3;2H,1H3;4*1H4/b;;;;;5-4+;;;;;/t2*8-,9-;6-,7-;5-,6-;;;;;;;/m1111......./s1. The highest BCUT2D eigenvalue weighted by atomic mass is 16.5. The summed E-state index contributed by atoms with van der Waals surface area (Å²) < 4.78 is 41.4. The molecule has 4 saturated heterocycles. The summed E-state index contributed by atoms with van der Waals surface area (Å²) in [5, 5.41) is 8.60. The van der Waals surface area contributed by atoms with E-state index < -0.39 is 5.97 Å². The molecule has 5 heterocycles. The third kappa shape index (κ3) is 46.6. The number of hydrogen-bond acceptors (Lipinski definition) is 14. The van der Waals surface area contributed by atoms with Gasteiger partial charge < -0.3 is 47.8 Å². The summed E-state index contributed by atoms with van der Waals surface area (Å²) in [6.45, 7) is 29.5. The van der Waals surface area contributed by atoms with Gasteiger partial charge in [-0.05, 0) is 146 Å². The number of esters is 2. The molecule has 9 atom stereocenters. The lowest BCUT2D eigenvalue weighted by Gasteiger charge is -2.31. The average Bonchev–Trinajstić information content (AvgIpc) is 3.17. The first-order chi connectivity index (χ1) is 31.5. The van der Waals surface area contributed by atoms with Crippen LogP contribution in [0.15, 0.2) is 48.5 Å². The Balaban J connectivity index is -0.000000177. The van der Waals surface area contributed by atoms with Gasteiger partial charge in [0.05, 0.1) is 81.7 Å². The second-order valence-corrected chi connectivity index (χ2v) is 17.8. The van der Waals surface area contributed by atoms with Crippen LogP contribution in [0.5, 0.6) is 0 Å². The van der Waals surface area contributed by atoms with Crippen LogP contribution in [0.1, 0.15) is 190 Å². The van der Waals surface area contributed by atoms with Gasteiger partial charge in [0.15, 0.2) is 5.78 Å². The number of carbonyl (C=O) groups excluding carboxylic acids is 5. The van der Waals surface area contributed by atoms with Crippen LogP contribution < -0.4 is 0 Å². The van der Waals surface area contributed by atoms with Crippen molar-refractivity contribution >= 4 is 35.8 Å². The van der Waals surface area contributed by atoms with E-state index in [9.17, 15) is 24.0 Å². The molecule has 1 unspecified atom stereocenters. The largest absolute Gasteiger partial charge is 0.504 e. The molecule has 71 heavy (non-hydrogen) atoms. The van der Waals surface area contributed by atoms with Gasteiger partial charge in [-0.3, -0.25) is 19.2 Å². The predicted molar refractivity (Wildman–Crippen MR) is 286 cm³/mol. The maximum absolute atomic E-state index is 11.3. The lowest BCUT2D eigenvalue weighted by Crippen LogP contribution is -2.30. The van der Waals surface area contributed by atoms with E-state index in [4.69, 9.17) is 43.1 Å². The number of carboxylic acids is 1. The van der Waals surface area contributed by atoms with E-state index in [1.165, 1.54) is 19.3 Å². The molecule has 5 aliphatic rings. The van der Waals surface area contributed by atoms with E-state index in [0.717, 1.165) is 56.0 Å². The quantitative estimate of drug-likeness (QED) is 0.0752. The Kier molecular flexibility index (Phi) is 51.7. The number of carboxylic acid groups (broad SMARTS) is 1. The zero-order chi connectivity index (χ0) is 51.5. The number of Topliss-reactive ketones (excluding diaryl/α,β-unsaturated/α-hetero) is 1. The molecule has 418 valence electrons. The normalized spacial score (nSPS) is 26.8. The van der Waals surface area contributed by atoms with Gasteiger partial charge in [-0.15, -0.1) is 0 Å². The van der Waals surface area contributed by atoms with Crippen molar-refractivity contribution in [3.8, 4) is 0 Å². The zero-order valence-electron chi connectivity index (χ0n) is 43.4. The molecule has 0 aromatic heterocycles. The molecule has 0 aromatic rings. The highest BCUT2D eigenvalue weighted by Crippen LogP contribution is 2.28. The van der Waals surface area contributed by atoms with Gasteiger partial charge >= 0.3 is 17.9 Å². The Morgan fingerprint density at radius 1 is 0.662 bits per heavy atom. The second kappa shape index (κ2) is 46.9. The van der Waals surface area contributed by atoms with Gasteiger partial charge in [-0.1, -0.05) is 47.4 Å². The average molecular weight is 1020 g/mol. The molecule has 0 amide bonds. The van der Waals surface area contributed by atoms with E-state index in [1.807, 2.05) is 69.2 Å². The zero-order valence-corrected chi connectivity index (χ0v) is 43.4. The molecule has 15 heteroatoms. The maximum atomic E-state index is 11.3. The molecule has 1 N–H and O–H groups in total. The molecule has 0 saturated carbocycles. The molecule has 5 aliphatic heterocycles. The SMILES string of the molecule is C.C.C.C.C=C(C)/C=C/OC.CC1CC(=O)C=CO1.CC=O.CCOC(=O)C=C1C[C@@H](C)O[C@H](C)C1.CCOC(=O)CC1C[C@@H](C)O[C@H](C)C1.C[C@@H]1CC(=O)C[C@@H](C)O1.C[C@@H]1CC(CC(=O)O)C[C@@H](C)O1. The highest BCUT2D eigenvalue weighted by Gasteiger charge is 2.27. The van der Waals surface area contributed by atoms with Crippen molar-refractivity contribution < 1.29 is 71.8 Å². The smallest absolute Gasteiger partial charge is 0.330 e. The minimum absolute atomic E-state index is 0. The monoisotopic (exact) mass is 1020 g/mol. The number of ketones is 2. The summed E-state index contributed by atoms with van der Waals surface area (Å²) >= 11 is 0. The predicted octanol–water partition coefficient (Wildman–Crippen LogP) is 12.4. The number of aldehydes is 1. The van der Waals surface area contributed by atoms with Gasteiger partial charge in [-0.25, -0.2) is 4.79 Å². The van der Waals surface area contributed by atoms with Crippen molar-refractivity contribution in [2.24, 2.45) is 11.8 Å². The molecule has 0 radical (unpaired) electrons. The summed E-state index contributed by atoms with van der Waals surface area (Å²) in [6, 6.07) is 0. The Morgan fingerprint density at radius 2 is 1.06 bits per heavy atom. The molecule has 5 rings (SSSR count). The van der Waals surface area contributed by atoms with E-state index in [2.05, 4.69) is 25.2 Å². The molecule has 0 aromatic carbocycles. The molecule has 4 fully saturated rings. The molecule has 0 bridgehead atoms. The number of aliphatic carboxylic acids is 1. The van der Waals surface area contributed by atoms with Crippen LogP contribution in [0.2, 0.25) is 0 Å². The lowest BCUT2D eigenvalue weighted by atomic mass is 9.90. The van der Waals surface area contributed by atoms with Crippen LogP contribution in [0, 0.1) is 11.8 Å². The van der Waals surface area contributed by atoms with Crippen LogP contribution >= 0.6 is 0 Å². The van der Waals surface area contributed by atoms with Crippen molar-refractivity contribution in [3.63, 3.8) is 0 Å². The molecule has 0 spiro atoms. The fourth-order valence-electron chi connectivity index (χ4n) is 7.95. The van der Waals surface area contributed by atoms with Gasteiger partial charge in [0.25, 0.3) is 0 Å². The fraction of sp³-hybridized carbons (Fsp3) is 0.750. The number of methoxy groups -OCH3 is 1. The minimum atomic E-state index is -0.693. The van der Waals surface area contributed by atoms with E-state index >= 15 is 0 Å². The summed E-state index contributed by atoms with van der Waals surface area (Å²) in [6.07, 6.45) is 18.4. The Labute approximate surface area is 432 Å². The maximum Gasteiger partial charge on any atom is 0.330 e. The van der Waals surface area contributed by atoms with Crippen molar-refractivity contribution in [3.05, 3.63) is 48.5 Å². The van der Waals surface area contributed by atoms with Gasteiger partial charge in [0.2, 0.25) is 0 Å². The van der Waals surface area contributed by atoms with Crippen LogP contribution in [0.3, 0.4) is 0 Å².